The van der Waals surface area contributed by atoms with Crippen LogP contribution >= 0.6 is 27.3 Å². The number of thiophene rings is 1. The predicted molar refractivity (Wildman–Crippen MR) is 94.6 cm³/mol. The SMILES string of the molecule is CCOc1ccccc1NC(=O)CN(C)Cc1cc(Br)cs1. The molecule has 0 saturated carbocycles. The number of halogens is 1. The first-order valence-corrected chi connectivity index (χ1v) is 8.69. The maximum absolute atomic E-state index is 12.2. The minimum Gasteiger partial charge on any atom is -0.492 e. The van der Waals surface area contributed by atoms with E-state index < -0.39 is 0 Å². The van der Waals surface area contributed by atoms with Crippen molar-refractivity contribution in [1.29, 1.82) is 0 Å². The first-order chi connectivity index (χ1) is 10.6. The van der Waals surface area contributed by atoms with Crippen LogP contribution in [0, 0.1) is 0 Å². The van der Waals surface area contributed by atoms with Crippen molar-refractivity contribution in [3.63, 3.8) is 0 Å². The second-order valence-corrected chi connectivity index (χ2v) is 6.79. The van der Waals surface area contributed by atoms with Gasteiger partial charge >= 0.3 is 0 Å². The van der Waals surface area contributed by atoms with Crippen LogP contribution < -0.4 is 10.1 Å². The first-order valence-electron chi connectivity index (χ1n) is 7.01. The van der Waals surface area contributed by atoms with Crippen molar-refractivity contribution >= 4 is 38.9 Å². The lowest BCUT2D eigenvalue weighted by Crippen LogP contribution is -2.29. The summed E-state index contributed by atoms with van der Waals surface area (Å²) in [5.74, 6) is 0.647. The van der Waals surface area contributed by atoms with Crippen molar-refractivity contribution in [2.45, 2.75) is 13.5 Å². The maximum atomic E-state index is 12.2. The molecule has 0 radical (unpaired) electrons. The molecule has 2 aromatic rings. The van der Waals surface area contributed by atoms with Crippen LogP contribution in [-0.4, -0.2) is 31.0 Å². The molecule has 0 aliphatic rings. The van der Waals surface area contributed by atoms with E-state index in [0.29, 0.717) is 24.6 Å². The fourth-order valence-corrected chi connectivity index (χ4v) is 3.57. The number of para-hydroxylation sites is 2. The van der Waals surface area contributed by atoms with Gasteiger partial charge in [-0.2, -0.15) is 0 Å². The molecule has 6 heteroatoms. The van der Waals surface area contributed by atoms with Gasteiger partial charge in [0.15, 0.2) is 0 Å². The van der Waals surface area contributed by atoms with Gasteiger partial charge in [-0.25, -0.2) is 0 Å². The van der Waals surface area contributed by atoms with Gasteiger partial charge in [0.25, 0.3) is 0 Å². The van der Waals surface area contributed by atoms with Gasteiger partial charge < -0.3 is 10.1 Å². The maximum Gasteiger partial charge on any atom is 0.238 e. The Hall–Kier alpha value is -1.37. The highest BCUT2D eigenvalue weighted by Crippen LogP contribution is 2.24. The summed E-state index contributed by atoms with van der Waals surface area (Å²) in [5, 5.41) is 4.95. The highest BCUT2D eigenvalue weighted by atomic mass is 79.9. The number of carbonyl (C=O) groups excluding carboxylic acids is 1. The van der Waals surface area contributed by atoms with E-state index in [1.54, 1.807) is 11.3 Å². The normalized spacial score (nSPS) is 10.7. The van der Waals surface area contributed by atoms with Gasteiger partial charge in [-0.1, -0.05) is 12.1 Å². The summed E-state index contributed by atoms with van der Waals surface area (Å²) >= 11 is 5.12. The van der Waals surface area contributed by atoms with Gasteiger partial charge in [0.05, 0.1) is 18.8 Å². The van der Waals surface area contributed by atoms with Gasteiger partial charge in [0, 0.05) is 21.3 Å². The van der Waals surface area contributed by atoms with Crippen molar-refractivity contribution in [2.24, 2.45) is 0 Å². The molecule has 0 saturated heterocycles. The van der Waals surface area contributed by atoms with Crippen molar-refractivity contribution < 1.29 is 9.53 Å². The predicted octanol–water partition coefficient (Wildman–Crippen LogP) is 3.98. The number of hydrogen-bond donors (Lipinski definition) is 1. The highest BCUT2D eigenvalue weighted by Gasteiger charge is 2.11. The fraction of sp³-hybridized carbons (Fsp3) is 0.312. The molecule has 0 bridgehead atoms. The van der Waals surface area contributed by atoms with E-state index in [-0.39, 0.29) is 5.91 Å². The van der Waals surface area contributed by atoms with Gasteiger partial charge in [-0.05, 0) is 48.1 Å². The summed E-state index contributed by atoms with van der Waals surface area (Å²) < 4.78 is 6.59. The fourth-order valence-electron chi connectivity index (χ4n) is 2.04. The molecule has 4 nitrogen and oxygen atoms in total. The average Bonchev–Trinajstić information content (AvgIpc) is 2.86. The van der Waals surface area contributed by atoms with Crippen LogP contribution in [-0.2, 0) is 11.3 Å². The third-order valence-electron chi connectivity index (χ3n) is 2.92. The number of benzene rings is 1. The number of hydrogen-bond acceptors (Lipinski definition) is 4. The van der Waals surface area contributed by atoms with Crippen molar-refractivity contribution in [1.82, 2.24) is 4.90 Å². The van der Waals surface area contributed by atoms with E-state index in [1.807, 2.05) is 48.5 Å². The Morgan fingerprint density at radius 1 is 1.41 bits per heavy atom. The molecule has 1 amide bonds. The molecule has 0 fully saturated rings. The second-order valence-electron chi connectivity index (χ2n) is 4.88. The average molecular weight is 383 g/mol. The number of carbonyl (C=O) groups is 1. The Bertz CT molecular complexity index is 630. The minimum atomic E-state index is -0.0507. The number of rotatable bonds is 7. The van der Waals surface area contributed by atoms with Crippen LogP contribution in [0.1, 0.15) is 11.8 Å². The molecule has 1 heterocycles. The molecule has 1 aromatic carbocycles. The smallest absolute Gasteiger partial charge is 0.238 e. The van der Waals surface area contributed by atoms with Gasteiger partial charge in [0.1, 0.15) is 5.75 Å². The van der Waals surface area contributed by atoms with E-state index >= 15 is 0 Å². The molecular weight excluding hydrogens is 364 g/mol. The second kappa shape index (κ2) is 8.31. The highest BCUT2D eigenvalue weighted by molar-refractivity contribution is 9.10. The molecule has 1 aromatic heterocycles. The lowest BCUT2D eigenvalue weighted by Gasteiger charge is -2.16. The number of anilines is 1. The molecule has 0 aliphatic heterocycles. The van der Waals surface area contributed by atoms with E-state index in [1.165, 1.54) is 4.88 Å². The van der Waals surface area contributed by atoms with Crippen molar-refractivity contribution in [3.8, 4) is 5.75 Å². The lowest BCUT2D eigenvalue weighted by molar-refractivity contribution is -0.117. The van der Waals surface area contributed by atoms with Gasteiger partial charge in [-0.15, -0.1) is 11.3 Å². The Labute approximate surface area is 143 Å². The molecule has 2 rings (SSSR count). The van der Waals surface area contributed by atoms with Crippen LogP contribution in [0.25, 0.3) is 0 Å². The van der Waals surface area contributed by atoms with E-state index in [2.05, 4.69) is 27.3 Å². The Morgan fingerprint density at radius 2 is 2.18 bits per heavy atom. The molecule has 0 atom stereocenters. The lowest BCUT2D eigenvalue weighted by atomic mass is 10.3. The third kappa shape index (κ3) is 5.12. The number of nitrogens with one attached hydrogen (secondary N) is 1. The zero-order chi connectivity index (χ0) is 15.9. The summed E-state index contributed by atoms with van der Waals surface area (Å²) in [6.45, 7) is 3.57. The monoisotopic (exact) mass is 382 g/mol. The summed E-state index contributed by atoms with van der Waals surface area (Å²) in [5.41, 5.74) is 0.710. The zero-order valence-electron chi connectivity index (χ0n) is 12.6. The summed E-state index contributed by atoms with van der Waals surface area (Å²) in [6, 6.07) is 9.54. The van der Waals surface area contributed by atoms with Crippen LogP contribution in [0.5, 0.6) is 5.75 Å². The van der Waals surface area contributed by atoms with E-state index in [4.69, 9.17) is 4.74 Å². The van der Waals surface area contributed by atoms with Gasteiger partial charge in [0.2, 0.25) is 5.91 Å². The molecule has 22 heavy (non-hydrogen) atoms. The Kier molecular flexibility index (Phi) is 6.42. The van der Waals surface area contributed by atoms with E-state index in [0.717, 1.165) is 11.0 Å². The summed E-state index contributed by atoms with van der Waals surface area (Å²) in [7, 11) is 1.93. The third-order valence-corrected chi connectivity index (χ3v) is 4.60. The minimum absolute atomic E-state index is 0.0507. The Morgan fingerprint density at radius 3 is 2.86 bits per heavy atom. The van der Waals surface area contributed by atoms with E-state index in [9.17, 15) is 4.79 Å². The largest absolute Gasteiger partial charge is 0.492 e. The number of ether oxygens (including phenoxy) is 1. The number of amides is 1. The summed E-state index contributed by atoms with van der Waals surface area (Å²) in [6.07, 6.45) is 0. The molecule has 118 valence electrons. The van der Waals surface area contributed by atoms with Crippen LogP contribution in [0.15, 0.2) is 40.2 Å². The van der Waals surface area contributed by atoms with Crippen LogP contribution in [0.4, 0.5) is 5.69 Å². The summed E-state index contributed by atoms with van der Waals surface area (Å²) in [4.78, 5) is 15.4. The first kappa shape index (κ1) is 17.0. The topological polar surface area (TPSA) is 41.6 Å². The van der Waals surface area contributed by atoms with Crippen molar-refractivity contribution in [2.75, 3.05) is 25.5 Å². The molecule has 1 N–H and O–H groups in total. The quantitative estimate of drug-likeness (QED) is 0.787. The molecular formula is C16H19BrN2O2S. The molecule has 0 aliphatic carbocycles. The van der Waals surface area contributed by atoms with Crippen LogP contribution in [0.3, 0.4) is 0 Å². The van der Waals surface area contributed by atoms with Crippen molar-refractivity contribution in [3.05, 3.63) is 45.1 Å². The Balaban J connectivity index is 1.89. The standard InChI is InChI=1S/C16H19BrN2O2S/c1-3-21-15-7-5-4-6-14(15)18-16(20)10-19(2)9-13-8-12(17)11-22-13/h4-8,11H,3,9-10H2,1-2H3,(H,18,20). The number of nitrogens with zero attached hydrogens (tertiary/aromatic N) is 1. The molecule has 0 unspecified atom stereocenters. The molecule has 0 spiro atoms. The van der Waals surface area contributed by atoms with Gasteiger partial charge in [-0.3, -0.25) is 9.69 Å². The zero-order valence-corrected chi connectivity index (χ0v) is 15.0. The number of likely N-dealkylation sites (N-methyl/N-ethyl adjacent to an activating group) is 1. The van der Waals surface area contributed by atoms with Crippen LogP contribution in [0.2, 0.25) is 0 Å².